The molecule has 3 aromatic rings. The zero-order chi connectivity index (χ0) is 23.8. The van der Waals surface area contributed by atoms with Gasteiger partial charge in [-0.25, -0.2) is 0 Å². The number of benzene rings is 2. The summed E-state index contributed by atoms with van der Waals surface area (Å²) in [5.41, 5.74) is 3.09. The molecular formula is C28H33N3O3. The van der Waals surface area contributed by atoms with E-state index < -0.39 is 0 Å². The first kappa shape index (κ1) is 23.8. The SMILES string of the molecule is COc1ccccc1OCCN1CCC(C(=O)NC(c2ccc(C)cc2)c2ccccn2)CC1. The van der Waals surface area contributed by atoms with Crippen LogP contribution in [0.5, 0.6) is 11.5 Å². The number of pyridine rings is 1. The molecule has 1 N–H and O–H groups in total. The largest absolute Gasteiger partial charge is 0.493 e. The normalized spacial score (nSPS) is 15.5. The standard InChI is InChI=1S/C28H33N3O3/c1-21-10-12-22(13-11-21)27(24-7-5-6-16-29-24)30-28(32)23-14-17-31(18-15-23)19-20-34-26-9-4-3-8-25(26)33-2/h3-13,16,23,27H,14-15,17-20H2,1-2H3,(H,30,32). The third-order valence-electron chi connectivity index (χ3n) is 6.37. The Hall–Kier alpha value is -3.38. The summed E-state index contributed by atoms with van der Waals surface area (Å²) < 4.78 is 11.3. The molecule has 0 bridgehead atoms. The van der Waals surface area contributed by atoms with E-state index in [2.05, 4.69) is 46.4 Å². The van der Waals surface area contributed by atoms with E-state index in [0.29, 0.717) is 6.61 Å². The highest BCUT2D eigenvalue weighted by molar-refractivity contribution is 5.79. The average molecular weight is 460 g/mol. The number of aromatic nitrogens is 1. The third kappa shape index (κ3) is 6.14. The molecule has 1 saturated heterocycles. The van der Waals surface area contributed by atoms with Gasteiger partial charge in [-0.1, -0.05) is 48.0 Å². The lowest BCUT2D eigenvalue weighted by Crippen LogP contribution is -2.43. The lowest BCUT2D eigenvalue weighted by molar-refractivity contribution is -0.127. The molecule has 6 heteroatoms. The van der Waals surface area contributed by atoms with Gasteiger partial charge in [0.25, 0.3) is 0 Å². The number of nitrogens with one attached hydrogen (secondary N) is 1. The molecule has 6 nitrogen and oxygen atoms in total. The van der Waals surface area contributed by atoms with Crippen molar-refractivity contribution in [3.05, 3.63) is 89.7 Å². The summed E-state index contributed by atoms with van der Waals surface area (Å²) in [6.45, 7) is 5.24. The van der Waals surface area contributed by atoms with Crippen molar-refractivity contribution in [2.24, 2.45) is 5.92 Å². The zero-order valence-electron chi connectivity index (χ0n) is 19.9. The fourth-order valence-corrected chi connectivity index (χ4v) is 4.34. The van der Waals surface area contributed by atoms with Crippen molar-refractivity contribution in [3.8, 4) is 11.5 Å². The first-order valence-electron chi connectivity index (χ1n) is 11.9. The van der Waals surface area contributed by atoms with Gasteiger partial charge in [0.1, 0.15) is 6.61 Å². The van der Waals surface area contributed by atoms with Crippen LogP contribution in [0.3, 0.4) is 0 Å². The Morgan fingerprint density at radius 3 is 2.41 bits per heavy atom. The summed E-state index contributed by atoms with van der Waals surface area (Å²) >= 11 is 0. The van der Waals surface area contributed by atoms with Gasteiger partial charge in [0.2, 0.25) is 5.91 Å². The topological polar surface area (TPSA) is 63.7 Å². The van der Waals surface area contributed by atoms with Crippen molar-refractivity contribution < 1.29 is 14.3 Å². The third-order valence-corrected chi connectivity index (χ3v) is 6.37. The van der Waals surface area contributed by atoms with E-state index in [4.69, 9.17) is 9.47 Å². The fraction of sp³-hybridized carbons (Fsp3) is 0.357. The van der Waals surface area contributed by atoms with Gasteiger partial charge in [0, 0.05) is 18.7 Å². The van der Waals surface area contributed by atoms with Crippen LogP contribution in [-0.4, -0.2) is 49.1 Å². The Morgan fingerprint density at radius 2 is 1.74 bits per heavy atom. The van der Waals surface area contributed by atoms with E-state index in [9.17, 15) is 4.79 Å². The summed E-state index contributed by atoms with van der Waals surface area (Å²) in [5, 5.41) is 3.27. The van der Waals surface area contributed by atoms with Gasteiger partial charge in [-0.2, -0.15) is 0 Å². The van der Waals surface area contributed by atoms with Crippen molar-refractivity contribution in [1.29, 1.82) is 0 Å². The maximum absolute atomic E-state index is 13.2. The summed E-state index contributed by atoms with van der Waals surface area (Å²) in [4.78, 5) is 20.1. The molecule has 1 fully saturated rings. The van der Waals surface area contributed by atoms with Crippen LogP contribution in [0, 0.1) is 12.8 Å². The number of ether oxygens (including phenoxy) is 2. The molecule has 2 heterocycles. The summed E-state index contributed by atoms with van der Waals surface area (Å²) in [6.07, 6.45) is 3.45. The Kier molecular flexibility index (Phi) is 8.15. The molecule has 0 aliphatic carbocycles. The Balaban J connectivity index is 1.30. The van der Waals surface area contributed by atoms with E-state index in [1.54, 1.807) is 13.3 Å². The highest BCUT2D eigenvalue weighted by Crippen LogP contribution is 2.26. The molecular weight excluding hydrogens is 426 g/mol. The first-order chi connectivity index (χ1) is 16.6. The number of carbonyl (C=O) groups is 1. The molecule has 0 radical (unpaired) electrons. The first-order valence-corrected chi connectivity index (χ1v) is 11.9. The predicted octanol–water partition coefficient (Wildman–Crippen LogP) is 4.40. The minimum absolute atomic E-state index is 0.00282. The molecule has 1 atom stereocenters. The number of hydrogen-bond acceptors (Lipinski definition) is 5. The maximum atomic E-state index is 13.2. The molecule has 2 aromatic carbocycles. The number of hydrogen-bond donors (Lipinski definition) is 1. The number of aryl methyl sites for hydroxylation is 1. The van der Waals surface area contributed by atoms with Crippen molar-refractivity contribution in [3.63, 3.8) is 0 Å². The van der Waals surface area contributed by atoms with Crippen LogP contribution in [0.15, 0.2) is 72.9 Å². The molecule has 0 saturated carbocycles. The van der Waals surface area contributed by atoms with Gasteiger partial charge in [-0.05, 0) is 62.7 Å². The second-order valence-electron chi connectivity index (χ2n) is 8.72. The average Bonchev–Trinajstić information content (AvgIpc) is 2.89. The van der Waals surface area contributed by atoms with Crippen LogP contribution >= 0.6 is 0 Å². The number of nitrogens with zero attached hydrogens (tertiary/aromatic N) is 2. The van der Waals surface area contributed by atoms with Crippen LogP contribution in [0.2, 0.25) is 0 Å². The second-order valence-corrected chi connectivity index (χ2v) is 8.72. The van der Waals surface area contributed by atoms with Gasteiger partial charge in [-0.3, -0.25) is 14.7 Å². The van der Waals surface area contributed by atoms with Crippen molar-refractivity contribution >= 4 is 5.91 Å². The van der Waals surface area contributed by atoms with E-state index in [1.807, 2.05) is 42.5 Å². The highest BCUT2D eigenvalue weighted by Gasteiger charge is 2.27. The number of piperidine rings is 1. The highest BCUT2D eigenvalue weighted by atomic mass is 16.5. The fourth-order valence-electron chi connectivity index (χ4n) is 4.34. The molecule has 0 spiro atoms. The lowest BCUT2D eigenvalue weighted by Gasteiger charge is -2.32. The van der Waals surface area contributed by atoms with Gasteiger partial charge in [-0.15, -0.1) is 0 Å². The number of para-hydroxylation sites is 2. The van der Waals surface area contributed by atoms with Crippen LogP contribution in [0.4, 0.5) is 0 Å². The zero-order valence-corrected chi connectivity index (χ0v) is 19.9. The molecule has 4 rings (SSSR count). The molecule has 1 aliphatic heterocycles. The second kappa shape index (κ2) is 11.7. The van der Waals surface area contributed by atoms with E-state index >= 15 is 0 Å². The van der Waals surface area contributed by atoms with Crippen LogP contribution < -0.4 is 14.8 Å². The number of methoxy groups -OCH3 is 1. The number of carbonyl (C=O) groups excluding carboxylic acids is 1. The van der Waals surface area contributed by atoms with Gasteiger partial charge in [0.15, 0.2) is 11.5 Å². The molecule has 1 aromatic heterocycles. The minimum Gasteiger partial charge on any atom is -0.493 e. The van der Waals surface area contributed by atoms with Crippen LogP contribution in [0.1, 0.15) is 35.7 Å². The van der Waals surface area contributed by atoms with Crippen molar-refractivity contribution in [2.45, 2.75) is 25.8 Å². The molecule has 178 valence electrons. The summed E-state index contributed by atoms with van der Waals surface area (Å²) in [7, 11) is 1.65. The number of rotatable bonds is 9. The van der Waals surface area contributed by atoms with Crippen LogP contribution in [-0.2, 0) is 4.79 Å². The summed E-state index contributed by atoms with van der Waals surface area (Å²) in [6, 6.07) is 21.5. The Labute approximate surface area is 201 Å². The van der Waals surface area contributed by atoms with Gasteiger partial charge >= 0.3 is 0 Å². The van der Waals surface area contributed by atoms with Crippen molar-refractivity contribution in [2.75, 3.05) is 33.4 Å². The van der Waals surface area contributed by atoms with E-state index in [-0.39, 0.29) is 17.9 Å². The monoisotopic (exact) mass is 459 g/mol. The Morgan fingerprint density at radius 1 is 1.03 bits per heavy atom. The Bertz CT molecular complexity index is 1050. The van der Waals surface area contributed by atoms with Crippen molar-refractivity contribution in [1.82, 2.24) is 15.2 Å². The molecule has 34 heavy (non-hydrogen) atoms. The predicted molar refractivity (Wildman–Crippen MR) is 133 cm³/mol. The number of likely N-dealkylation sites (tertiary alicyclic amines) is 1. The van der Waals surface area contributed by atoms with E-state index in [0.717, 1.165) is 55.2 Å². The molecule has 1 unspecified atom stereocenters. The molecule has 1 amide bonds. The van der Waals surface area contributed by atoms with Gasteiger partial charge < -0.3 is 14.8 Å². The van der Waals surface area contributed by atoms with Gasteiger partial charge in [0.05, 0.1) is 18.8 Å². The number of amides is 1. The molecule has 1 aliphatic rings. The maximum Gasteiger partial charge on any atom is 0.224 e. The van der Waals surface area contributed by atoms with E-state index in [1.165, 1.54) is 5.56 Å². The summed E-state index contributed by atoms with van der Waals surface area (Å²) in [5.74, 6) is 1.61. The van der Waals surface area contributed by atoms with Crippen LogP contribution in [0.25, 0.3) is 0 Å². The minimum atomic E-state index is -0.249. The lowest BCUT2D eigenvalue weighted by atomic mass is 9.94. The smallest absolute Gasteiger partial charge is 0.224 e. The quantitative estimate of drug-likeness (QED) is 0.514.